The van der Waals surface area contributed by atoms with Gasteiger partial charge in [0.25, 0.3) is 5.69 Å². The Balaban J connectivity index is 1.51. The van der Waals surface area contributed by atoms with Crippen molar-refractivity contribution in [3.8, 4) is 11.5 Å². The molecule has 16 heteroatoms. The minimum absolute atomic E-state index is 0.00683. The van der Waals surface area contributed by atoms with Crippen molar-refractivity contribution >= 4 is 61.5 Å². The number of non-ortho nitro benzene ring substituents is 1. The van der Waals surface area contributed by atoms with Crippen molar-refractivity contribution in [1.29, 1.82) is 0 Å². The van der Waals surface area contributed by atoms with E-state index in [0.29, 0.717) is 10.8 Å². The Morgan fingerprint density at radius 2 is 1.75 bits per heavy atom. The normalized spacial score (nSPS) is 11.3. The molecule has 0 spiro atoms. The number of carbonyl (C=O) groups excluding carboxylic acids is 2. The van der Waals surface area contributed by atoms with Crippen molar-refractivity contribution in [2.45, 2.75) is 25.2 Å². The van der Waals surface area contributed by atoms with Crippen molar-refractivity contribution in [1.82, 2.24) is 9.29 Å². The summed E-state index contributed by atoms with van der Waals surface area (Å²) in [7, 11) is -2.60. The summed E-state index contributed by atoms with van der Waals surface area (Å²) in [5.41, 5.74) is 2.05. The van der Waals surface area contributed by atoms with Crippen LogP contribution in [0.2, 0.25) is 5.02 Å². The number of amides is 1. The summed E-state index contributed by atoms with van der Waals surface area (Å²) >= 11 is 6.22. The van der Waals surface area contributed by atoms with Crippen molar-refractivity contribution in [3.63, 3.8) is 0 Å². The van der Waals surface area contributed by atoms with Crippen LogP contribution in [0.15, 0.2) is 71.6 Å². The second-order valence-corrected chi connectivity index (χ2v) is 12.8. The Bertz CT molecular complexity index is 1910. The highest BCUT2D eigenvalue weighted by molar-refractivity contribution is 7.89. The van der Waals surface area contributed by atoms with E-state index in [4.69, 9.17) is 25.8 Å². The van der Waals surface area contributed by atoms with Crippen LogP contribution in [-0.2, 0) is 24.3 Å². The van der Waals surface area contributed by atoms with E-state index in [-0.39, 0.29) is 61.3 Å². The fraction of sp³-hybridized carbons (Fsp3) is 0.281. The van der Waals surface area contributed by atoms with Crippen LogP contribution in [0.1, 0.15) is 19.0 Å². The van der Waals surface area contributed by atoms with E-state index in [1.165, 1.54) is 54.7 Å². The second kappa shape index (κ2) is 16.2. The lowest BCUT2D eigenvalue weighted by molar-refractivity contribution is -0.384. The van der Waals surface area contributed by atoms with E-state index in [2.05, 4.69) is 15.6 Å². The van der Waals surface area contributed by atoms with Gasteiger partial charge in [-0.25, -0.2) is 8.42 Å². The molecule has 48 heavy (non-hydrogen) atoms. The predicted molar refractivity (Wildman–Crippen MR) is 180 cm³/mol. The fourth-order valence-electron chi connectivity index (χ4n) is 4.66. The highest BCUT2D eigenvalue weighted by Crippen LogP contribution is 2.30. The number of aromatic nitrogens is 1. The van der Waals surface area contributed by atoms with Crippen molar-refractivity contribution in [2.75, 3.05) is 50.6 Å². The highest BCUT2D eigenvalue weighted by Gasteiger charge is 2.25. The van der Waals surface area contributed by atoms with Crippen LogP contribution in [0, 0.1) is 17.0 Å². The Hall–Kier alpha value is -4.99. The van der Waals surface area contributed by atoms with Gasteiger partial charge in [0, 0.05) is 60.8 Å². The van der Waals surface area contributed by atoms with Crippen LogP contribution < -0.4 is 20.1 Å². The van der Waals surface area contributed by atoms with Gasteiger partial charge in [0.2, 0.25) is 15.9 Å². The molecule has 4 aromatic rings. The SMILES string of the molecule is COc1ccc(S(=O)(=O)N(CCNc2cc(C)nc3ccc(Cl)cc23)CCC(=O)Nc2ccc([N+](=O)[O-])cc2OCCOC(C)=O)cc1. The number of rotatable bonds is 16. The first kappa shape index (κ1) is 35.9. The number of ether oxygens (including phenoxy) is 3. The Labute approximate surface area is 282 Å². The van der Waals surface area contributed by atoms with Gasteiger partial charge in [-0.2, -0.15) is 4.31 Å². The zero-order valence-corrected chi connectivity index (χ0v) is 28.0. The second-order valence-electron chi connectivity index (χ2n) is 10.4. The number of fused-ring (bicyclic) bond motifs is 1. The molecule has 1 amide bonds. The lowest BCUT2D eigenvalue weighted by atomic mass is 10.1. The van der Waals surface area contributed by atoms with E-state index in [9.17, 15) is 28.1 Å². The number of benzene rings is 3. The average molecular weight is 700 g/mol. The maximum absolute atomic E-state index is 13.8. The minimum Gasteiger partial charge on any atom is -0.497 e. The summed E-state index contributed by atoms with van der Waals surface area (Å²) in [6, 6.07) is 16.7. The molecule has 0 aliphatic heterocycles. The van der Waals surface area contributed by atoms with E-state index >= 15 is 0 Å². The molecule has 0 aliphatic carbocycles. The van der Waals surface area contributed by atoms with Crippen LogP contribution >= 0.6 is 11.6 Å². The number of nitrogens with one attached hydrogen (secondary N) is 2. The van der Waals surface area contributed by atoms with Crippen molar-refractivity contribution < 1.29 is 37.1 Å². The van der Waals surface area contributed by atoms with Gasteiger partial charge in [-0.05, 0) is 61.5 Å². The van der Waals surface area contributed by atoms with E-state index in [0.717, 1.165) is 28.4 Å². The number of nitro benzene ring substituents is 1. The third kappa shape index (κ3) is 9.53. The van der Waals surface area contributed by atoms with E-state index < -0.39 is 26.8 Å². The largest absolute Gasteiger partial charge is 0.497 e. The number of hydrogen-bond acceptors (Lipinski definition) is 11. The number of carbonyl (C=O) groups is 2. The number of aryl methyl sites for hydroxylation is 1. The topological polar surface area (TPSA) is 179 Å². The summed E-state index contributed by atoms with van der Waals surface area (Å²) in [6.07, 6.45) is -0.258. The molecule has 0 unspecified atom stereocenters. The van der Waals surface area contributed by atoms with Gasteiger partial charge < -0.3 is 24.8 Å². The molecule has 0 saturated heterocycles. The van der Waals surface area contributed by atoms with Gasteiger partial charge >= 0.3 is 5.97 Å². The Kier molecular flexibility index (Phi) is 12.1. The molecule has 0 atom stereocenters. The van der Waals surface area contributed by atoms with Crippen molar-refractivity contribution in [3.05, 3.63) is 87.6 Å². The smallest absolute Gasteiger partial charge is 0.302 e. The zero-order valence-electron chi connectivity index (χ0n) is 26.4. The molecule has 14 nitrogen and oxygen atoms in total. The summed E-state index contributed by atoms with van der Waals surface area (Å²) in [6.45, 7) is 2.82. The number of halogens is 1. The molecule has 3 aromatic carbocycles. The standard InChI is InChI=1S/C32H34ClN5O9S/c1-21-18-30(27-19-23(33)4-10-28(27)35-21)34-13-15-37(48(43,44)26-8-6-25(45-3)7-9-26)14-12-32(40)36-29-11-5-24(38(41)42)20-31(29)47-17-16-46-22(2)39/h4-11,18-20H,12-17H2,1-3H3,(H,34,35)(H,36,40). The van der Waals surface area contributed by atoms with Gasteiger partial charge in [-0.15, -0.1) is 0 Å². The zero-order chi connectivity index (χ0) is 34.8. The molecule has 0 aliphatic rings. The molecule has 2 N–H and O–H groups in total. The molecule has 1 heterocycles. The lowest BCUT2D eigenvalue weighted by Crippen LogP contribution is -2.37. The third-order valence-electron chi connectivity index (χ3n) is 6.96. The molecule has 1 aromatic heterocycles. The first-order chi connectivity index (χ1) is 22.9. The van der Waals surface area contributed by atoms with Crippen LogP contribution in [0.5, 0.6) is 11.5 Å². The lowest BCUT2D eigenvalue weighted by Gasteiger charge is -2.23. The summed E-state index contributed by atoms with van der Waals surface area (Å²) in [4.78, 5) is 39.4. The quantitative estimate of drug-likeness (QED) is 0.0680. The first-order valence-electron chi connectivity index (χ1n) is 14.7. The number of pyridine rings is 1. The third-order valence-corrected chi connectivity index (χ3v) is 9.11. The Morgan fingerprint density at radius 1 is 1.00 bits per heavy atom. The van der Waals surface area contributed by atoms with E-state index in [1.807, 2.05) is 13.0 Å². The molecule has 254 valence electrons. The van der Waals surface area contributed by atoms with Crippen LogP contribution in [0.3, 0.4) is 0 Å². The van der Waals surface area contributed by atoms with Gasteiger partial charge in [-0.1, -0.05) is 11.6 Å². The summed E-state index contributed by atoms with van der Waals surface area (Å²) in [5.74, 6) is -0.628. The van der Waals surface area contributed by atoms with Crippen LogP contribution in [0.4, 0.5) is 17.1 Å². The maximum Gasteiger partial charge on any atom is 0.302 e. The predicted octanol–water partition coefficient (Wildman–Crippen LogP) is 5.19. The minimum atomic E-state index is -4.07. The number of nitrogens with zero attached hydrogens (tertiary/aromatic N) is 3. The van der Waals surface area contributed by atoms with Gasteiger partial charge in [0.05, 0.1) is 34.2 Å². The average Bonchev–Trinajstić information content (AvgIpc) is 3.05. The molecular formula is C32H34ClN5O9S. The molecular weight excluding hydrogens is 666 g/mol. The molecule has 0 bridgehead atoms. The molecule has 4 rings (SSSR count). The van der Waals surface area contributed by atoms with E-state index in [1.54, 1.807) is 18.2 Å². The van der Waals surface area contributed by atoms with Gasteiger partial charge in [0.1, 0.15) is 24.7 Å². The van der Waals surface area contributed by atoms with Gasteiger partial charge in [-0.3, -0.25) is 24.7 Å². The summed E-state index contributed by atoms with van der Waals surface area (Å²) in [5, 5.41) is 18.5. The number of anilines is 2. The number of hydrogen-bond donors (Lipinski definition) is 2. The number of nitro groups is 1. The highest BCUT2D eigenvalue weighted by atomic mass is 35.5. The monoisotopic (exact) mass is 699 g/mol. The number of sulfonamides is 1. The van der Waals surface area contributed by atoms with Crippen LogP contribution in [0.25, 0.3) is 10.9 Å². The molecule has 0 radical (unpaired) electrons. The molecule has 0 fully saturated rings. The van der Waals surface area contributed by atoms with Crippen molar-refractivity contribution in [2.24, 2.45) is 0 Å². The maximum atomic E-state index is 13.8. The fourth-order valence-corrected chi connectivity index (χ4v) is 6.28. The number of methoxy groups -OCH3 is 1. The summed E-state index contributed by atoms with van der Waals surface area (Å²) < 4.78 is 44.3. The van der Waals surface area contributed by atoms with Crippen LogP contribution in [-0.4, -0.2) is 74.5 Å². The Morgan fingerprint density at radius 3 is 2.44 bits per heavy atom. The first-order valence-corrected chi connectivity index (χ1v) is 16.5. The molecule has 0 saturated carbocycles. The number of esters is 1. The van der Waals surface area contributed by atoms with Gasteiger partial charge in [0.15, 0.2) is 0 Å².